The lowest BCUT2D eigenvalue weighted by molar-refractivity contribution is -0.384. The van der Waals surface area contributed by atoms with Crippen molar-refractivity contribution in [2.75, 3.05) is 34.5 Å². The molecule has 10 saturated carbocycles. The largest absolute Gasteiger partial charge is 0.513 e. The fourth-order valence-electron chi connectivity index (χ4n) is 24.9. The highest BCUT2D eigenvalue weighted by molar-refractivity contribution is 5.66. The van der Waals surface area contributed by atoms with Crippen LogP contribution in [0.3, 0.4) is 0 Å². The van der Waals surface area contributed by atoms with Gasteiger partial charge in [0.1, 0.15) is 19.0 Å². The number of ether oxygens (including phenoxy) is 7. The van der Waals surface area contributed by atoms with Crippen LogP contribution in [0.25, 0.3) is 0 Å². The summed E-state index contributed by atoms with van der Waals surface area (Å²) in [6.45, 7) is 24.5. The molecule has 15 heteroatoms. The maximum atomic E-state index is 12.5. The first-order chi connectivity index (χ1) is 37.7. The van der Waals surface area contributed by atoms with Gasteiger partial charge in [0.15, 0.2) is 0 Å². The van der Waals surface area contributed by atoms with E-state index < -0.39 is 23.3 Å². The summed E-state index contributed by atoms with van der Waals surface area (Å²) in [5.41, 5.74) is 1.54. The van der Waals surface area contributed by atoms with Crippen LogP contribution >= 0.6 is 0 Å². The van der Waals surface area contributed by atoms with E-state index >= 15 is 0 Å². The highest BCUT2D eigenvalue weighted by atomic mass is 16.7. The van der Waals surface area contributed by atoms with E-state index in [-0.39, 0.29) is 93.8 Å². The van der Waals surface area contributed by atoms with Crippen molar-refractivity contribution in [3.05, 3.63) is 34.4 Å². The molecule has 15 nitrogen and oxygen atoms in total. The summed E-state index contributed by atoms with van der Waals surface area (Å²) in [4.78, 5) is 34.6. The van der Waals surface area contributed by atoms with Gasteiger partial charge in [-0.2, -0.15) is 0 Å². The van der Waals surface area contributed by atoms with Gasteiger partial charge in [-0.1, -0.05) is 69.2 Å². The lowest BCUT2D eigenvalue weighted by atomic mass is 9.41. The number of non-ortho nitro benzene ring substituents is 1. The number of amides is 1. The van der Waals surface area contributed by atoms with Crippen molar-refractivity contribution < 1.29 is 57.9 Å². The molecule has 3 N–H and O–H groups in total. The molecule has 12 fully saturated rings. The number of benzene rings is 1. The third-order valence-corrected chi connectivity index (χ3v) is 28.4. The zero-order chi connectivity index (χ0) is 57.3. The van der Waals surface area contributed by atoms with Crippen molar-refractivity contribution in [3.63, 3.8) is 0 Å². The summed E-state index contributed by atoms with van der Waals surface area (Å²) in [7, 11) is 5.34. The van der Waals surface area contributed by atoms with Gasteiger partial charge in [0.25, 0.3) is 5.69 Å². The summed E-state index contributed by atoms with van der Waals surface area (Å²) in [5, 5.41) is 36.4. The predicted molar refractivity (Wildman–Crippen MR) is 299 cm³/mol. The van der Waals surface area contributed by atoms with E-state index in [1.165, 1.54) is 82.1 Å². The number of methoxy groups -OCH3 is 2. The van der Waals surface area contributed by atoms with Crippen LogP contribution < -0.4 is 10.1 Å². The lowest BCUT2D eigenvalue weighted by Gasteiger charge is -2.64. The Morgan fingerprint density at radius 3 is 1.71 bits per heavy atom. The summed E-state index contributed by atoms with van der Waals surface area (Å²) < 4.78 is 42.3. The number of hydrogen-bond acceptors (Lipinski definition) is 13. The van der Waals surface area contributed by atoms with Gasteiger partial charge < -0.3 is 48.7 Å². The fraction of sp³-hybridized carbons (Fsp3) is 0.877. The van der Waals surface area contributed by atoms with Crippen molar-refractivity contribution >= 4 is 17.9 Å². The van der Waals surface area contributed by atoms with Crippen LogP contribution in [0.5, 0.6) is 5.75 Å². The maximum absolute atomic E-state index is 12.5. The van der Waals surface area contributed by atoms with Crippen LogP contribution in [-0.2, 0) is 28.4 Å². The van der Waals surface area contributed by atoms with E-state index in [1.54, 1.807) is 7.05 Å². The number of carbonyl (C=O) groups is 2. The number of aliphatic hydroxyl groups excluding tert-OH is 2. The molecule has 1 amide bonds. The molecule has 1 aromatic carbocycles. The number of hydrogen-bond donors (Lipinski definition) is 3. The highest BCUT2D eigenvalue weighted by Crippen LogP contribution is 2.91. The molecule has 4 spiro atoms. The molecule has 0 radical (unpaired) electrons. The number of fused-ring (bicyclic) bond motifs is 8. The second-order valence-corrected chi connectivity index (χ2v) is 31.0. The van der Waals surface area contributed by atoms with Crippen LogP contribution in [0.2, 0.25) is 0 Å². The van der Waals surface area contributed by atoms with Crippen molar-refractivity contribution in [1.82, 2.24) is 5.32 Å². The van der Waals surface area contributed by atoms with Crippen molar-refractivity contribution in [1.29, 1.82) is 0 Å². The van der Waals surface area contributed by atoms with E-state index in [1.807, 2.05) is 14.2 Å². The minimum absolute atomic E-state index is 0.00902. The molecule has 24 atom stereocenters. The number of carbonyl (C=O) groups excluding carboxylic acids is 2. The van der Waals surface area contributed by atoms with Crippen molar-refractivity contribution in [2.45, 2.75) is 221 Å². The van der Waals surface area contributed by atoms with Gasteiger partial charge in [-0.05, 0) is 206 Å². The number of aliphatic hydroxyl groups is 2. The smallest absolute Gasteiger partial charge is 0.447 e. The molecular weight excluding hydrogens is 1020 g/mol. The van der Waals surface area contributed by atoms with Gasteiger partial charge in [-0.15, -0.1) is 0 Å². The zero-order valence-corrected chi connectivity index (χ0v) is 50.6. The van der Waals surface area contributed by atoms with E-state index in [2.05, 4.69) is 74.6 Å². The summed E-state index contributed by atoms with van der Waals surface area (Å²) in [6.07, 6.45) is 16.3. The minimum atomic E-state index is -0.839. The molecule has 446 valence electrons. The number of nitrogens with zero attached hydrogens (tertiary/aromatic N) is 1. The van der Waals surface area contributed by atoms with E-state index in [4.69, 9.17) is 33.2 Å². The molecule has 80 heavy (non-hydrogen) atoms. The molecule has 1 aromatic rings. The van der Waals surface area contributed by atoms with E-state index in [0.29, 0.717) is 75.1 Å². The summed E-state index contributed by atoms with van der Waals surface area (Å²) in [6, 6.07) is 5.38. The average molecular weight is 1120 g/mol. The molecule has 10 aliphatic carbocycles. The lowest BCUT2D eigenvalue weighted by Crippen LogP contribution is -2.60. The second kappa shape index (κ2) is 19.0. The molecule has 13 rings (SSSR count). The average Bonchev–Trinajstić information content (AvgIpc) is 2.59. The third kappa shape index (κ3) is 7.42. The number of nitrogens with one attached hydrogen (secondary N) is 1. The molecule has 12 aliphatic rings. The highest BCUT2D eigenvalue weighted by Gasteiger charge is 2.87. The van der Waals surface area contributed by atoms with Crippen LogP contribution in [0.15, 0.2) is 24.3 Å². The first-order valence-corrected chi connectivity index (χ1v) is 31.3. The molecule has 2 saturated heterocycles. The van der Waals surface area contributed by atoms with Gasteiger partial charge in [0.05, 0.1) is 53.8 Å². The van der Waals surface area contributed by atoms with Crippen LogP contribution in [-0.4, -0.2) is 111 Å². The Labute approximate surface area is 476 Å². The topological polar surface area (TPSA) is 194 Å². The number of nitro benzene ring substituents is 1. The van der Waals surface area contributed by atoms with Gasteiger partial charge in [0.2, 0.25) is 0 Å². The maximum Gasteiger partial charge on any atom is 0.513 e. The molecule has 0 unspecified atom stereocenters. The Bertz CT molecular complexity index is 2600. The molecule has 0 aromatic heterocycles. The summed E-state index contributed by atoms with van der Waals surface area (Å²) in [5.74, 6) is 4.11. The molecule has 2 aliphatic heterocycles. The van der Waals surface area contributed by atoms with Gasteiger partial charge in [-0.25, -0.2) is 9.59 Å². The van der Waals surface area contributed by atoms with Crippen LogP contribution in [0.4, 0.5) is 15.3 Å². The minimum Gasteiger partial charge on any atom is -0.447 e. The van der Waals surface area contributed by atoms with Crippen molar-refractivity contribution in [2.24, 2.45) is 101 Å². The third-order valence-electron chi connectivity index (χ3n) is 28.4. The standard InChI is InChI=1S/C36H51NO8.C29H47NO5/c1-21-18-24(19-43-31(38)45-23-10-8-22(9-11-23)37(39)40)44-29-28(21)33(4)16-17-36-20-35(36)15-14-27(41-6)32(2,3)25(35)12-13-26(36)34(33,5)30(29)42-7;1-16-13-17(14-34-24(33)30-6)35-22-21(16)26(4)11-12-29-15-28(29)10-9-20(31)25(2,3)18(28)7-8-19(29)27(26,5)23(22)32/h8-11,21,24-30H,12-20H2,1-7H3;16-23,31-32H,7-15H2,1-6H3,(H,30,33)/t21-,24-,25+,26+,27+,28+,29+,30+,33-,34-,35-,36+;16-,17-,18+,19+,20+,21+,22+,23+,26-,27-,28-,29+/m11/s1. The van der Waals surface area contributed by atoms with E-state index in [9.17, 15) is 29.9 Å². The number of alkyl carbamates (subject to hydrolysis) is 1. The molecule has 0 bridgehead atoms. The molecule has 2 heterocycles. The Kier molecular flexibility index (Phi) is 13.6. The van der Waals surface area contributed by atoms with Gasteiger partial charge in [-0.3, -0.25) is 10.1 Å². The fourth-order valence-corrected chi connectivity index (χ4v) is 24.9. The first kappa shape index (κ1) is 57.4. The normalized spacial score (nSPS) is 51.8. The Balaban J connectivity index is 0.000000164. The van der Waals surface area contributed by atoms with Crippen LogP contribution in [0.1, 0.15) is 172 Å². The summed E-state index contributed by atoms with van der Waals surface area (Å²) >= 11 is 0. The monoisotopic (exact) mass is 1110 g/mol. The quantitative estimate of drug-likeness (QED) is 0.0964. The first-order valence-electron chi connectivity index (χ1n) is 31.3. The van der Waals surface area contributed by atoms with E-state index in [0.717, 1.165) is 44.9 Å². The van der Waals surface area contributed by atoms with Gasteiger partial charge >= 0.3 is 12.2 Å². The number of rotatable bonds is 8. The van der Waals surface area contributed by atoms with Gasteiger partial charge in [0, 0.05) is 44.2 Å². The number of nitro groups is 1. The SMILES string of the molecule is CNC(=O)OC[C@H]1C[C@@H](C)[C@H]2[C@H](O1)[C@H](O)[C@@]1(C)[C@@H]3CC[C@H]4C(C)(C)[C@@H](O)CC[C@@]45C[C@@]35CC[C@]21C.CO[C@H]1CC[C@]23C[C@]24CC[C@]2(C)[C@@H]5[C@H](O[C@@H](COC(=O)Oc6ccc([N+](=O)[O-])cc6)C[C@H]5C)[C@H](OC)[C@@]2(C)[C@@H]4CC[C@H]3C1(C)C. The Morgan fingerprint density at radius 2 is 1.15 bits per heavy atom. The zero-order valence-electron chi connectivity index (χ0n) is 50.6. The predicted octanol–water partition coefficient (Wildman–Crippen LogP) is 12.1. The Hall–Kier alpha value is -3.08. The van der Waals surface area contributed by atoms with Crippen LogP contribution in [0, 0.1) is 112 Å². The molecular formula is C65H98N2O13. The Morgan fingerprint density at radius 1 is 0.650 bits per heavy atom. The van der Waals surface area contributed by atoms with Crippen molar-refractivity contribution in [3.8, 4) is 5.75 Å². The second-order valence-electron chi connectivity index (χ2n) is 31.0.